The summed E-state index contributed by atoms with van der Waals surface area (Å²) in [6, 6.07) is 13.6. The van der Waals surface area contributed by atoms with Gasteiger partial charge in [-0.25, -0.2) is 4.39 Å². The molecule has 2 aromatic carbocycles. The van der Waals surface area contributed by atoms with E-state index in [9.17, 15) is 4.39 Å². The van der Waals surface area contributed by atoms with Crippen molar-refractivity contribution in [1.82, 2.24) is 5.32 Å². The van der Waals surface area contributed by atoms with Gasteiger partial charge >= 0.3 is 0 Å². The summed E-state index contributed by atoms with van der Waals surface area (Å²) < 4.78 is 14.0. The highest BCUT2D eigenvalue weighted by Gasteiger charge is 2.09. The van der Waals surface area contributed by atoms with E-state index in [1.54, 1.807) is 6.07 Å². The minimum atomic E-state index is -0.168. The lowest BCUT2D eigenvalue weighted by atomic mass is 9.97. The Kier molecular flexibility index (Phi) is 4.33. The second-order valence-electron chi connectivity index (χ2n) is 5.18. The van der Waals surface area contributed by atoms with Crippen LogP contribution in [-0.4, -0.2) is 6.04 Å². The van der Waals surface area contributed by atoms with Crippen LogP contribution >= 0.6 is 0 Å². The van der Waals surface area contributed by atoms with Crippen LogP contribution in [-0.2, 0) is 6.54 Å². The van der Waals surface area contributed by atoms with Gasteiger partial charge in [0.05, 0.1) is 0 Å². The van der Waals surface area contributed by atoms with Crippen molar-refractivity contribution < 1.29 is 4.39 Å². The summed E-state index contributed by atoms with van der Waals surface area (Å²) in [6.07, 6.45) is 0. The maximum atomic E-state index is 14.0. The Morgan fingerprint density at radius 1 is 1.05 bits per heavy atom. The van der Waals surface area contributed by atoms with Crippen LogP contribution in [0.2, 0.25) is 0 Å². The van der Waals surface area contributed by atoms with Crippen molar-refractivity contribution in [3.63, 3.8) is 0 Å². The lowest BCUT2D eigenvalue weighted by molar-refractivity contribution is 0.588. The number of hydrogen-bond donors (Lipinski definition) is 1. The van der Waals surface area contributed by atoms with Crippen molar-refractivity contribution in [2.45, 2.75) is 33.4 Å². The molecule has 2 heteroatoms. The van der Waals surface area contributed by atoms with E-state index in [0.29, 0.717) is 11.6 Å². The lowest BCUT2D eigenvalue weighted by Gasteiger charge is -2.14. The maximum absolute atomic E-state index is 14.0. The van der Waals surface area contributed by atoms with E-state index in [1.807, 2.05) is 19.1 Å². The molecule has 19 heavy (non-hydrogen) atoms. The molecule has 0 amide bonds. The van der Waals surface area contributed by atoms with E-state index in [-0.39, 0.29) is 5.82 Å². The Hall–Kier alpha value is -1.67. The molecule has 100 valence electrons. The van der Waals surface area contributed by atoms with Gasteiger partial charge in [0.15, 0.2) is 0 Å². The first-order chi connectivity index (χ1) is 9.08. The standard InChI is InChI=1S/C17H20FN/c1-12(2)19-11-14-9-8-13(3)10-16(14)15-6-4-5-7-17(15)18/h4-10,12,19H,11H2,1-3H3. The Balaban J connectivity index is 2.43. The van der Waals surface area contributed by atoms with Crippen molar-refractivity contribution in [2.75, 3.05) is 0 Å². The van der Waals surface area contributed by atoms with Crippen LogP contribution in [0, 0.1) is 12.7 Å². The van der Waals surface area contributed by atoms with Gasteiger partial charge in [-0.3, -0.25) is 0 Å². The van der Waals surface area contributed by atoms with Crippen LogP contribution < -0.4 is 5.32 Å². The van der Waals surface area contributed by atoms with Crippen LogP contribution in [0.1, 0.15) is 25.0 Å². The summed E-state index contributed by atoms with van der Waals surface area (Å²) in [5.41, 5.74) is 3.92. The van der Waals surface area contributed by atoms with E-state index < -0.39 is 0 Å². The van der Waals surface area contributed by atoms with Gasteiger partial charge in [0, 0.05) is 18.2 Å². The number of nitrogens with one attached hydrogen (secondary N) is 1. The minimum Gasteiger partial charge on any atom is -0.310 e. The second-order valence-corrected chi connectivity index (χ2v) is 5.18. The molecular formula is C17H20FN. The van der Waals surface area contributed by atoms with Gasteiger partial charge < -0.3 is 5.32 Å². The highest BCUT2D eigenvalue weighted by atomic mass is 19.1. The third-order valence-corrected chi connectivity index (χ3v) is 3.13. The summed E-state index contributed by atoms with van der Waals surface area (Å²) in [5, 5.41) is 3.39. The smallest absolute Gasteiger partial charge is 0.131 e. The fraction of sp³-hybridized carbons (Fsp3) is 0.294. The zero-order valence-corrected chi connectivity index (χ0v) is 11.7. The van der Waals surface area contributed by atoms with E-state index >= 15 is 0 Å². The predicted octanol–water partition coefficient (Wildman–Crippen LogP) is 4.30. The fourth-order valence-corrected chi connectivity index (χ4v) is 2.09. The van der Waals surface area contributed by atoms with Gasteiger partial charge in [0.2, 0.25) is 0 Å². The third-order valence-electron chi connectivity index (χ3n) is 3.13. The maximum Gasteiger partial charge on any atom is 0.131 e. The quantitative estimate of drug-likeness (QED) is 0.861. The van der Waals surface area contributed by atoms with Crippen LogP contribution in [0.25, 0.3) is 11.1 Å². The molecule has 0 fully saturated rings. The molecule has 0 aromatic heterocycles. The Morgan fingerprint density at radius 2 is 1.79 bits per heavy atom. The molecule has 2 rings (SSSR count). The number of aryl methyl sites for hydroxylation is 1. The van der Waals surface area contributed by atoms with Gasteiger partial charge in [0.25, 0.3) is 0 Å². The molecule has 2 aromatic rings. The molecule has 0 aliphatic heterocycles. The molecule has 0 bridgehead atoms. The normalized spacial score (nSPS) is 11.0. The average molecular weight is 257 g/mol. The number of halogens is 1. The molecular weight excluding hydrogens is 237 g/mol. The topological polar surface area (TPSA) is 12.0 Å². The van der Waals surface area contributed by atoms with Crippen LogP contribution in [0.4, 0.5) is 4.39 Å². The predicted molar refractivity (Wildman–Crippen MR) is 78.5 cm³/mol. The SMILES string of the molecule is Cc1ccc(CNC(C)C)c(-c2ccccc2F)c1. The van der Waals surface area contributed by atoms with Gasteiger partial charge in [0.1, 0.15) is 5.82 Å². The molecule has 1 N–H and O–H groups in total. The molecule has 0 radical (unpaired) electrons. The first kappa shape index (κ1) is 13.8. The van der Waals surface area contributed by atoms with Crippen LogP contribution in [0.5, 0.6) is 0 Å². The molecule has 0 saturated carbocycles. The summed E-state index contributed by atoms with van der Waals surface area (Å²) in [4.78, 5) is 0. The zero-order chi connectivity index (χ0) is 13.8. The highest BCUT2D eigenvalue weighted by molar-refractivity contribution is 5.68. The molecule has 0 aliphatic carbocycles. The highest BCUT2D eigenvalue weighted by Crippen LogP contribution is 2.27. The average Bonchev–Trinajstić information content (AvgIpc) is 2.37. The van der Waals surface area contributed by atoms with E-state index in [0.717, 1.165) is 23.2 Å². The Labute approximate surface area is 114 Å². The van der Waals surface area contributed by atoms with Gasteiger partial charge in [-0.05, 0) is 24.1 Å². The molecule has 0 aliphatic rings. The molecule has 0 heterocycles. The van der Waals surface area contributed by atoms with Crippen molar-refractivity contribution in [2.24, 2.45) is 0 Å². The molecule has 0 saturated heterocycles. The minimum absolute atomic E-state index is 0.168. The lowest BCUT2D eigenvalue weighted by Crippen LogP contribution is -2.22. The Morgan fingerprint density at radius 3 is 2.47 bits per heavy atom. The van der Waals surface area contributed by atoms with Gasteiger partial charge in [-0.15, -0.1) is 0 Å². The first-order valence-corrected chi connectivity index (χ1v) is 6.65. The van der Waals surface area contributed by atoms with Crippen molar-refractivity contribution in [3.05, 3.63) is 59.4 Å². The first-order valence-electron chi connectivity index (χ1n) is 6.65. The molecule has 0 atom stereocenters. The molecule has 0 spiro atoms. The van der Waals surface area contributed by atoms with Crippen molar-refractivity contribution >= 4 is 0 Å². The van der Waals surface area contributed by atoms with E-state index in [2.05, 4.69) is 37.4 Å². The largest absolute Gasteiger partial charge is 0.310 e. The number of rotatable bonds is 4. The molecule has 1 nitrogen and oxygen atoms in total. The third kappa shape index (κ3) is 3.42. The van der Waals surface area contributed by atoms with E-state index in [4.69, 9.17) is 0 Å². The fourth-order valence-electron chi connectivity index (χ4n) is 2.09. The van der Waals surface area contributed by atoms with E-state index in [1.165, 1.54) is 6.07 Å². The summed E-state index contributed by atoms with van der Waals surface area (Å²) in [5.74, 6) is -0.168. The van der Waals surface area contributed by atoms with Crippen molar-refractivity contribution in [1.29, 1.82) is 0 Å². The summed E-state index contributed by atoms with van der Waals surface area (Å²) in [7, 11) is 0. The zero-order valence-electron chi connectivity index (χ0n) is 11.7. The summed E-state index contributed by atoms with van der Waals surface area (Å²) in [6.45, 7) is 7.00. The summed E-state index contributed by atoms with van der Waals surface area (Å²) >= 11 is 0. The Bertz CT molecular complexity index is 561. The monoisotopic (exact) mass is 257 g/mol. The number of hydrogen-bond acceptors (Lipinski definition) is 1. The van der Waals surface area contributed by atoms with Gasteiger partial charge in [-0.2, -0.15) is 0 Å². The van der Waals surface area contributed by atoms with Gasteiger partial charge in [-0.1, -0.05) is 55.8 Å². The van der Waals surface area contributed by atoms with Crippen LogP contribution in [0.15, 0.2) is 42.5 Å². The second kappa shape index (κ2) is 5.98. The van der Waals surface area contributed by atoms with Crippen LogP contribution in [0.3, 0.4) is 0 Å². The molecule has 0 unspecified atom stereocenters. The van der Waals surface area contributed by atoms with Crippen molar-refractivity contribution in [3.8, 4) is 11.1 Å². The number of benzene rings is 2.